The van der Waals surface area contributed by atoms with Crippen molar-refractivity contribution in [1.29, 1.82) is 0 Å². The van der Waals surface area contributed by atoms with Crippen molar-refractivity contribution in [1.82, 2.24) is 0 Å². The lowest BCUT2D eigenvalue weighted by atomic mass is 9.86. The first-order valence-corrected chi connectivity index (χ1v) is 8.80. The molecule has 3 rings (SSSR count). The fourth-order valence-electron chi connectivity index (χ4n) is 3.60. The summed E-state index contributed by atoms with van der Waals surface area (Å²) >= 11 is 0. The molecule has 0 amide bonds. The van der Waals surface area contributed by atoms with Crippen molar-refractivity contribution < 1.29 is 23.8 Å². The number of carbonyl (C=O) groups is 1. The van der Waals surface area contributed by atoms with E-state index in [1.807, 2.05) is 38.1 Å². The number of aliphatic carboxylic acids is 1. The van der Waals surface area contributed by atoms with Gasteiger partial charge in [-0.25, -0.2) is 4.39 Å². The number of benzene rings is 1. The van der Waals surface area contributed by atoms with Gasteiger partial charge in [0.05, 0.1) is 5.60 Å². The van der Waals surface area contributed by atoms with E-state index in [9.17, 15) is 9.18 Å². The Morgan fingerprint density at radius 3 is 2.76 bits per heavy atom. The Morgan fingerprint density at radius 1 is 1.36 bits per heavy atom. The molecule has 1 aliphatic heterocycles. The zero-order chi connectivity index (χ0) is 18.0. The van der Waals surface area contributed by atoms with E-state index in [1.165, 1.54) is 0 Å². The quantitative estimate of drug-likeness (QED) is 0.787. The Kier molecular flexibility index (Phi) is 5.13. The highest BCUT2D eigenvalue weighted by Gasteiger charge is 2.44. The van der Waals surface area contributed by atoms with Gasteiger partial charge in [-0.1, -0.05) is 12.1 Å². The van der Waals surface area contributed by atoms with Crippen molar-refractivity contribution >= 4 is 5.97 Å². The van der Waals surface area contributed by atoms with E-state index in [2.05, 4.69) is 0 Å². The smallest absolute Gasteiger partial charge is 0.303 e. The van der Waals surface area contributed by atoms with Crippen molar-refractivity contribution in [3.63, 3.8) is 0 Å². The molecular formula is C20H25FO4. The topological polar surface area (TPSA) is 55.8 Å². The number of carboxylic acids is 1. The molecule has 1 heterocycles. The second-order valence-electron chi connectivity index (χ2n) is 7.48. The fraction of sp³-hybridized carbons (Fsp3) is 0.550. The van der Waals surface area contributed by atoms with Crippen molar-refractivity contribution in [2.45, 2.75) is 63.8 Å². The molecule has 2 unspecified atom stereocenters. The molecule has 1 fully saturated rings. The minimum absolute atomic E-state index is 0.123. The molecule has 1 aromatic rings. The van der Waals surface area contributed by atoms with Crippen LogP contribution in [0.15, 0.2) is 35.4 Å². The molecule has 5 heteroatoms. The third-order valence-corrected chi connectivity index (χ3v) is 4.87. The van der Waals surface area contributed by atoms with Gasteiger partial charge >= 0.3 is 5.97 Å². The van der Waals surface area contributed by atoms with Crippen molar-refractivity contribution in [2.24, 2.45) is 0 Å². The minimum atomic E-state index is -0.922. The van der Waals surface area contributed by atoms with Gasteiger partial charge in [-0.15, -0.1) is 0 Å². The van der Waals surface area contributed by atoms with Crippen LogP contribution in [0.4, 0.5) is 4.39 Å². The van der Waals surface area contributed by atoms with Crippen LogP contribution in [0.1, 0.15) is 45.1 Å². The zero-order valence-electron chi connectivity index (χ0n) is 14.8. The number of ether oxygens (including phenoxy) is 2. The molecule has 1 aliphatic carbocycles. The normalized spacial score (nSPS) is 24.9. The first kappa shape index (κ1) is 17.9. The summed E-state index contributed by atoms with van der Waals surface area (Å²) in [6, 6.07) is 7.49. The molecule has 0 spiro atoms. The second kappa shape index (κ2) is 7.16. The van der Waals surface area contributed by atoms with Crippen LogP contribution in [0.3, 0.4) is 0 Å². The third kappa shape index (κ3) is 4.40. The predicted octanol–water partition coefficient (Wildman–Crippen LogP) is 4.08. The summed E-state index contributed by atoms with van der Waals surface area (Å²) in [5, 5.41) is 8.72. The standard InChI is InChI=1S/C20H25FO4/c1-20(2)11-16-14(6-9-17(21)19(16)25-20)12-24-15-7-3-13(4-8-15)5-10-18(22)23/h3-4,7-8,17,19H,5-6,9-12H2,1-2H3,(H,22,23). The number of alkyl halides is 1. The molecule has 0 aromatic heterocycles. The number of aryl methyl sites for hydroxylation is 1. The van der Waals surface area contributed by atoms with E-state index < -0.39 is 18.2 Å². The average molecular weight is 348 g/mol. The van der Waals surface area contributed by atoms with Gasteiger partial charge < -0.3 is 14.6 Å². The van der Waals surface area contributed by atoms with Crippen molar-refractivity contribution in [2.75, 3.05) is 6.61 Å². The summed E-state index contributed by atoms with van der Waals surface area (Å²) in [5.41, 5.74) is 2.88. The van der Waals surface area contributed by atoms with Crippen LogP contribution in [0, 0.1) is 0 Å². The summed E-state index contributed by atoms with van der Waals surface area (Å²) in [7, 11) is 0. The van der Waals surface area contributed by atoms with Crippen molar-refractivity contribution in [3.8, 4) is 5.75 Å². The summed E-state index contributed by atoms with van der Waals surface area (Å²) in [5.74, 6) is -0.0576. The molecule has 2 aliphatic rings. The Bertz CT molecular complexity index is 663. The van der Waals surface area contributed by atoms with Gasteiger partial charge in [-0.2, -0.15) is 0 Å². The Hall–Kier alpha value is -1.88. The molecule has 4 nitrogen and oxygen atoms in total. The molecule has 0 saturated carbocycles. The minimum Gasteiger partial charge on any atom is -0.489 e. The first-order valence-electron chi connectivity index (χ1n) is 8.80. The number of hydrogen-bond acceptors (Lipinski definition) is 3. The number of halogens is 1. The molecular weight excluding hydrogens is 323 g/mol. The SMILES string of the molecule is CC1(C)CC2=C(COc3ccc(CCC(=O)O)cc3)CCC(F)C2O1. The van der Waals surface area contributed by atoms with Crippen LogP contribution in [0.2, 0.25) is 0 Å². The van der Waals surface area contributed by atoms with E-state index in [4.69, 9.17) is 14.6 Å². The highest BCUT2D eigenvalue weighted by molar-refractivity contribution is 5.67. The van der Waals surface area contributed by atoms with Crippen molar-refractivity contribution in [3.05, 3.63) is 41.0 Å². The van der Waals surface area contributed by atoms with Gasteiger partial charge in [0.25, 0.3) is 0 Å². The molecule has 25 heavy (non-hydrogen) atoms. The number of hydrogen-bond donors (Lipinski definition) is 1. The summed E-state index contributed by atoms with van der Waals surface area (Å²) in [4.78, 5) is 10.6. The van der Waals surface area contributed by atoms with Gasteiger partial charge in [0.15, 0.2) is 0 Å². The third-order valence-electron chi connectivity index (χ3n) is 4.87. The maximum Gasteiger partial charge on any atom is 0.303 e. The molecule has 2 atom stereocenters. The molecule has 136 valence electrons. The Labute approximate surface area is 147 Å². The van der Waals surface area contributed by atoms with E-state index in [1.54, 1.807) is 0 Å². The zero-order valence-corrected chi connectivity index (χ0v) is 14.8. The van der Waals surface area contributed by atoms with E-state index in [0.29, 0.717) is 25.9 Å². The second-order valence-corrected chi connectivity index (χ2v) is 7.48. The van der Waals surface area contributed by atoms with E-state index >= 15 is 0 Å². The number of carboxylic acid groups (broad SMARTS) is 1. The lowest BCUT2D eigenvalue weighted by molar-refractivity contribution is -0.136. The lowest BCUT2D eigenvalue weighted by Crippen LogP contribution is -2.30. The highest BCUT2D eigenvalue weighted by Crippen LogP contribution is 2.43. The molecule has 1 aromatic carbocycles. The van der Waals surface area contributed by atoms with Crippen LogP contribution in [-0.4, -0.2) is 35.6 Å². The Morgan fingerprint density at radius 2 is 2.08 bits per heavy atom. The molecule has 1 N–H and O–H groups in total. The molecule has 1 saturated heterocycles. The van der Waals surface area contributed by atoms with Gasteiger partial charge in [0, 0.05) is 6.42 Å². The summed E-state index contributed by atoms with van der Waals surface area (Å²) in [6.45, 7) is 4.45. The number of rotatable bonds is 6. The summed E-state index contributed by atoms with van der Waals surface area (Å²) in [6.07, 6.45) is 1.25. The molecule has 0 radical (unpaired) electrons. The maximum absolute atomic E-state index is 14.2. The highest BCUT2D eigenvalue weighted by atomic mass is 19.1. The summed E-state index contributed by atoms with van der Waals surface area (Å²) < 4.78 is 25.9. The average Bonchev–Trinajstić information content (AvgIpc) is 2.89. The Balaban J connectivity index is 1.63. The molecule has 0 bridgehead atoms. The monoisotopic (exact) mass is 348 g/mol. The van der Waals surface area contributed by atoms with Crippen LogP contribution < -0.4 is 4.74 Å². The van der Waals surface area contributed by atoms with Crippen LogP contribution in [-0.2, 0) is 16.0 Å². The largest absolute Gasteiger partial charge is 0.489 e. The lowest BCUT2D eigenvalue weighted by Gasteiger charge is -2.26. The van der Waals surface area contributed by atoms with Crippen LogP contribution in [0.5, 0.6) is 5.75 Å². The fourth-order valence-corrected chi connectivity index (χ4v) is 3.60. The van der Waals surface area contributed by atoms with Gasteiger partial charge in [0.1, 0.15) is 24.6 Å². The van der Waals surface area contributed by atoms with Gasteiger partial charge in [-0.3, -0.25) is 4.79 Å². The number of fused-ring (bicyclic) bond motifs is 1. The van der Waals surface area contributed by atoms with Crippen LogP contribution >= 0.6 is 0 Å². The van der Waals surface area contributed by atoms with Crippen LogP contribution in [0.25, 0.3) is 0 Å². The predicted molar refractivity (Wildman–Crippen MR) is 92.6 cm³/mol. The maximum atomic E-state index is 14.2. The van der Waals surface area contributed by atoms with Gasteiger partial charge in [-0.05, 0) is 68.4 Å². The van der Waals surface area contributed by atoms with Gasteiger partial charge in [0.2, 0.25) is 0 Å². The van der Waals surface area contributed by atoms with E-state index in [0.717, 1.165) is 28.9 Å². The first-order chi connectivity index (χ1) is 11.8. The van der Waals surface area contributed by atoms with E-state index in [-0.39, 0.29) is 12.0 Å².